The van der Waals surface area contributed by atoms with E-state index in [1.165, 1.54) is 0 Å². The summed E-state index contributed by atoms with van der Waals surface area (Å²) in [5.41, 5.74) is 1.16. The second kappa shape index (κ2) is 5.01. The number of alkyl halides is 1. The van der Waals surface area contributed by atoms with Crippen molar-refractivity contribution in [2.24, 2.45) is 0 Å². The molecule has 15 heavy (non-hydrogen) atoms. The number of rotatable bonds is 4. The maximum absolute atomic E-state index is 5.34. The zero-order valence-electron chi connectivity index (χ0n) is 9.99. The van der Waals surface area contributed by atoms with Gasteiger partial charge >= 0.3 is 0 Å². The van der Waals surface area contributed by atoms with Crippen LogP contribution in [0.15, 0.2) is 6.20 Å². The molecule has 2 unspecified atom stereocenters. The molecule has 1 heterocycles. The Balaban J connectivity index is 3.15. The Morgan fingerprint density at radius 2 is 1.93 bits per heavy atom. The monoisotopic (exact) mass is 274 g/mol. The van der Waals surface area contributed by atoms with Crippen LogP contribution in [0.5, 0.6) is 5.75 Å². The highest BCUT2D eigenvalue weighted by Crippen LogP contribution is 2.33. The van der Waals surface area contributed by atoms with Crippen molar-refractivity contribution in [3.05, 3.63) is 11.9 Å². The maximum atomic E-state index is 5.34. The molecule has 0 spiro atoms. The summed E-state index contributed by atoms with van der Waals surface area (Å²) < 4.78 is 7.37. The summed E-state index contributed by atoms with van der Waals surface area (Å²) in [6.07, 6.45) is 1.79. The summed E-state index contributed by atoms with van der Waals surface area (Å²) in [6.45, 7) is 8.57. The molecule has 0 aromatic carbocycles. The molecular weight excluding hydrogens is 256 g/mol. The minimum absolute atomic E-state index is 0.359. The van der Waals surface area contributed by atoms with Gasteiger partial charge in [-0.15, -0.1) is 0 Å². The highest BCUT2D eigenvalue weighted by atomic mass is 79.9. The zero-order valence-corrected chi connectivity index (χ0v) is 11.6. The number of ether oxygens (including phenoxy) is 1. The summed E-state index contributed by atoms with van der Waals surface area (Å²) in [4.78, 5) is 0.403. The lowest BCUT2D eigenvalue weighted by Gasteiger charge is -2.19. The molecule has 4 heteroatoms. The van der Waals surface area contributed by atoms with Crippen LogP contribution >= 0.6 is 15.9 Å². The second-order valence-corrected chi connectivity index (χ2v) is 5.55. The normalized spacial score (nSPS) is 15.4. The third-order valence-electron chi connectivity index (χ3n) is 2.63. The van der Waals surface area contributed by atoms with Crippen LogP contribution in [0.3, 0.4) is 0 Å². The molecule has 3 nitrogen and oxygen atoms in total. The molecule has 1 rings (SSSR count). The quantitative estimate of drug-likeness (QED) is 0.788. The number of methoxy groups -OCH3 is 1. The van der Waals surface area contributed by atoms with Crippen molar-refractivity contribution in [3.63, 3.8) is 0 Å². The van der Waals surface area contributed by atoms with E-state index >= 15 is 0 Å². The highest BCUT2D eigenvalue weighted by Gasteiger charge is 2.22. The van der Waals surface area contributed by atoms with Gasteiger partial charge < -0.3 is 4.74 Å². The Hall–Kier alpha value is -0.510. The van der Waals surface area contributed by atoms with Crippen molar-refractivity contribution in [3.8, 4) is 5.75 Å². The van der Waals surface area contributed by atoms with Gasteiger partial charge in [-0.1, -0.05) is 29.8 Å². The van der Waals surface area contributed by atoms with Gasteiger partial charge in [-0.2, -0.15) is 5.10 Å². The zero-order chi connectivity index (χ0) is 11.6. The van der Waals surface area contributed by atoms with E-state index < -0.39 is 0 Å². The van der Waals surface area contributed by atoms with Crippen molar-refractivity contribution in [2.75, 3.05) is 7.11 Å². The minimum Gasteiger partial charge on any atom is -0.493 e. The Labute approximate surface area is 99.9 Å². The van der Waals surface area contributed by atoms with E-state index in [1.807, 2.05) is 4.68 Å². The average molecular weight is 275 g/mol. The van der Waals surface area contributed by atoms with Gasteiger partial charge in [0.05, 0.1) is 19.0 Å². The largest absolute Gasteiger partial charge is 0.493 e. The van der Waals surface area contributed by atoms with Crippen molar-refractivity contribution >= 4 is 15.9 Å². The van der Waals surface area contributed by atoms with Gasteiger partial charge in [0.25, 0.3) is 0 Å². The summed E-state index contributed by atoms with van der Waals surface area (Å²) in [6, 6.07) is 0.359. The lowest BCUT2D eigenvalue weighted by atomic mass is 10.0. The van der Waals surface area contributed by atoms with Crippen LogP contribution in [0.1, 0.15) is 45.3 Å². The molecular formula is C11H19BrN2O. The van der Waals surface area contributed by atoms with Gasteiger partial charge in [0.15, 0.2) is 5.75 Å². The molecule has 1 aromatic heterocycles. The first-order valence-corrected chi connectivity index (χ1v) is 6.16. The van der Waals surface area contributed by atoms with Gasteiger partial charge in [0.1, 0.15) is 0 Å². The van der Waals surface area contributed by atoms with Crippen LogP contribution in [0, 0.1) is 0 Å². The topological polar surface area (TPSA) is 27.1 Å². The fourth-order valence-corrected chi connectivity index (χ4v) is 1.83. The summed E-state index contributed by atoms with van der Waals surface area (Å²) >= 11 is 3.61. The average Bonchev–Trinajstić information content (AvgIpc) is 2.59. The molecule has 0 radical (unpaired) electrons. The lowest BCUT2D eigenvalue weighted by molar-refractivity contribution is 0.398. The predicted molar refractivity (Wildman–Crippen MR) is 66.0 cm³/mol. The third kappa shape index (κ3) is 2.54. The van der Waals surface area contributed by atoms with Gasteiger partial charge in [0.2, 0.25) is 0 Å². The van der Waals surface area contributed by atoms with Crippen molar-refractivity contribution in [1.29, 1.82) is 0 Å². The highest BCUT2D eigenvalue weighted by molar-refractivity contribution is 9.09. The number of hydrogen-bond acceptors (Lipinski definition) is 2. The van der Waals surface area contributed by atoms with E-state index in [-0.39, 0.29) is 0 Å². The number of nitrogens with zero attached hydrogens (tertiary/aromatic N) is 2. The molecule has 0 saturated heterocycles. The van der Waals surface area contributed by atoms with Crippen molar-refractivity contribution < 1.29 is 4.74 Å². The third-order valence-corrected chi connectivity index (χ3v) is 3.42. The van der Waals surface area contributed by atoms with Gasteiger partial charge in [-0.25, -0.2) is 0 Å². The van der Waals surface area contributed by atoms with Crippen LogP contribution in [0.25, 0.3) is 0 Å². The first-order valence-electron chi connectivity index (χ1n) is 5.24. The summed E-state index contributed by atoms with van der Waals surface area (Å²) in [7, 11) is 1.69. The van der Waals surface area contributed by atoms with E-state index in [2.05, 4.69) is 48.7 Å². The molecule has 0 amide bonds. The van der Waals surface area contributed by atoms with Crippen LogP contribution in [-0.2, 0) is 0 Å². The number of hydrogen-bond donors (Lipinski definition) is 0. The number of halogens is 1. The van der Waals surface area contributed by atoms with E-state index in [4.69, 9.17) is 4.74 Å². The van der Waals surface area contributed by atoms with Crippen molar-refractivity contribution in [1.82, 2.24) is 9.78 Å². The Morgan fingerprint density at radius 1 is 1.33 bits per heavy atom. The van der Waals surface area contributed by atoms with Crippen LogP contribution < -0.4 is 4.74 Å². The smallest absolute Gasteiger partial charge is 0.160 e. The van der Waals surface area contributed by atoms with Crippen LogP contribution in [0.2, 0.25) is 0 Å². The first-order chi connectivity index (χ1) is 6.99. The standard InChI is InChI=1S/C11H19BrN2O/c1-7(2)14-11(8(3)9(4)12)10(15-5)6-13-14/h6-9H,1-5H3. The molecule has 0 saturated carbocycles. The fourth-order valence-electron chi connectivity index (χ4n) is 1.58. The Morgan fingerprint density at radius 3 is 2.33 bits per heavy atom. The fraction of sp³-hybridized carbons (Fsp3) is 0.727. The summed E-state index contributed by atoms with van der Waals surface area (Å²) in [5.74, 6) is 1.26. The molecule has 0 N–H and O–H groups in total. The molecule has 0 aliphatic heterocycles. The van der Waals surface area contributed by atoms with E-state index in [1.54, 1.807) is 13.3 Å². The molecule has 86 valence electrons. The van der Waals surface area contributed by atoms with E-state index in [0.29, 0.717) is 16.8 Å². The van der Waals surface area contributed by atoms with E-state index in [9.17, 15) is 0 Å². The molecule has 2 atom stereocenters. The predicted octanol–water partition coefficient (Wildman–Crippen LogP) is 3.36. The van der Waals surface area contributed by atoms with Gasteiger partial charge in [-0.05, 0) is 13.8 Å². The van der Waals surface area contributed by atoms with Crippen molar-refractivity contribution in [2.45, 2.75) is 44.5 Å². The van der Waals surface area contributed by atoms with E-state index in [0.717, 1.165) is 11.4 Å². The Kier molecular flexibility index (Phi) is 4.20. The molecule has 0 aliphatic carbocycles. The molecule has 0 fully saturated rings. The first kappa shape index (κ1) is 12.6. The van der Waals surface area contributed by atoms with Gasteiger partial charge in [-0.3, -0.25) is 4.68 Å². The minimum atomic E-state index is 0.359. The van der Waals surface area contributed by atoms with Crippen LogP contribution in [-0.4, -0.2) is 21.7 Å². The molecule has 1 aromatic rings. The molecule has 0 aliphatic rings. The second-order valence-electron chi connectivity index (χ2n) is 4.10. The SMILES string of the molecule is COc1cnn(C(C)C)c1C(C)C(C)Br. The lowest BCUT2D eigenvalue weighted by Crippen LogP contribution is -2.15. The number of aromatic nitrogens is 2. The summed E-state index contributed by atoms with van der Waals surface area (Å²) in [5, 5.41) is 4.36. The Bertz CT molecular complexity index is 320. The van der Waals surface area contributed by atoms with Crippen LogP contribution in [0.4, 0.5) is 0 Å². The van der Waals surface area contributed by atoms with Gasteiger partial charge in [0, 0.05) is 16.8 Å². The maximum Gasteiger partial charge on any atom is 0.160 e. The molecule has 0 bridgehead atoms.